The van der Waals surface area contributed by atoms with E-state index in [4.69, 9.17) is 5.84 Å². The van der Waals surface area contributed by atoms with E-state index in [1.807, 2.05) is 0 Å². The van der Waals surface area contributed by atoms with Crippen LogP contribution in [0, 0.1) is 10.1 Å². The number of aromatic nitrogens is 3. The van der Waals surface area contributed by atoms with Crippen LogP contribution in [0.15, 0.2) is 22.7 Å². The van der Waals surface area contributed by atoms with Gasteiger partial charge in [0.2, 0.25) is 10.0 Å². The molecule has 2 heterocycles. The number of nitrogens with zero attached hydrogens (tertiary/aromatic N) is 4. The van der Waals surface area contributed by atoms with Gasteiger partial charge in [0.1, 0.15) is 4.21 Å². The number of hydrogen-bond acceptors (Lipinski definition) is 9. The molecule has 0 radical (unpaired) electrons. The number of sulfonamides is 1. The number of anilines is 1. The standard InChI is InChI=1S/C8H11N7O4S2/c9-12-8-6(15(16)17)5-7(20-8)21(18,19)11-2-4-14-3-1-10-13-14/h1,3,5,11-12H,2,4,9H2. The molecule has 2 rings (SSSR count). The van der Waals surface area contributed by atoms with Gasteiger partial charge in [-0.15, -0.1) is 5.10 Å². The average Bonchev–Trinajstić information content (AvgIpc) is 3.07. The Bertz CT molecular complexity index is 724. The van der Waals surface area contributed by atoms with Crippen molar-refractivity contribution >= 4 is 32.0 Å². The summed E-state index contributed by atoms with van der Waals surface area (Å²) in [4.78, 5) is 10.1. The van der Waals surface area contributed by atoms with Gasteiger partial charge in [0.25, 0.3) is 0 Å². The van der Waals surface area contributed by atoms with Crippen molar-refractivity contribution in [3.8, 4) is 0 Å². The molecule has 0 saturated heterocycles. The zero-order valence-electron chi connectivity index (χ0n) is 10.5. The minimum Gasteiger partial charge on any atom is -0.310 e. The van der Waals surface area contributed by atoms with Crippen molar-refractivity contribution in [2.24, 2.45) is 5.84 Å². The smallest absolute Gasteiger partial charge is 0.306 e. The van der Waals surface area contributed by atoms with Gasteiger partial charge in [-0.05, 0) is 0 Å². The topological polar surface area (TPSA) is 158 Å². The lowest BCUT2D eigenvalue weighted by Crippen LogP contribution is -2.27. The minimum atomic E-state index is -3.85. The number of nitrogen functional groups attached to an aromatic ring is 1. The molecule has 0 atom stereocenters. The number of nitrogens with one attached hydrogen (secondary N) is 2. The Morgan fingerprint density at radius 3 is 2.81 bits per heavy atom. The third-order valence-corrected chi connectivity index (χ3v) is 5.38. The van der Waals surface area contributed by atoms with Crippen LogP contribution in [0.4, 0.5) is 10.7 Å². The number of nitro groups is 1. The van der Waals surface area contributed by atoms with E-state index in [-0.39, 0.29) is 28.0 Å². The van der Waals surface area contributed by atoms with Crippen molar-refractivity contribution in [3.05, 3.63) is 28.6 Å². The van der Waals surface area contributed by atoms with Gasteiger partial charge in [-0.2, -0.15) is 0 Å². The second-order valence-corrected chi connectivity index (χ2v) is 6.79. The molecular formula is C8H11N7O4S2. The maximum Gasteiger partial charge on any atom is 0.306 e. The summed E-state index contributed by atoms with van der Waals surface area (Å²) in [6, 6.07) is 0.956. The zero-order chi connectivity index (χ0) is 15.5. The first-order valence-electron chi connectivity index (χ1n) is 5.52. The van der Waals surface area contributed by atoms with E-state index in [9.17, 15) is 18.5 Å². The number of thiophene rings is 1. The summed E-state index contributed by atoms with van der Waals surface area (Å²) in [5, 5.41) is 18.0. The molecule has 0 fully saturated rings. The molecule has 114 valence electrons. The molecule has 0 saturated carbocycles. The fourth-order valence-electron chi connectivity index (χ4n) is 1.45. The minimum absolute atomic E-state index is 0.0309. The average molecular weight is 333 g/mol. The van der Waals surface area contributed by atoms with E-state index >= 15 is 0 Å². The quantitative estimate of drug-likeness (QED) is 0.348. The summed E-state index contributed by atoms with van der Waals surface area (Å²) in [5.41, 5.74) is 1.72. The Labute approximate surface area is 122 Å². The van der Waals surface area contributed by atoms with Gasteiger partial charge >= 0.3 is 5.69 Å². The van der Waals surface area contributed by atoms with E-state index in [2.05, 4.69) is 20.5 Å². The summed E-state index contributed by atoms with van der Waals surface area (Å²) in [5.74, 6) is 5.13. The Hall–Kier alpha value is -2.09. The Balaban J connectivity index is 2.10. The summed E-state index contributed by atoms with van der Waals surface area (Å²) in [6.07, 6.45) is 3.05. The van der Waals surface area contributed by atoms with Crippen molar-refractivity contribution < 1.29 is 13.3 Å². The van der Waals surface area contributed by atoms with Gasteiger partial charge in [-0.25, -0.2) is 19.0 Å². The molecule has 0 aliphatic rings. The highest BCUT2D eigenvalue weighted by molar-refractivity contribution is 7.91. The molecule has 0 aliphatic heterocycles. The van der Waals surface area contributed by atoms with E-state index in [0.29, 0.717) is 11.3 Å². The molecule has 11 nitrogen and oxygen atoms in total. The van der Waals surface area contributed by atoms with Crippen molar-refractivity contribution in [2.75, 3.05) is 12.0 Å². The maximum atomic E-state index is 12.0. The first-order valence-corrected chi connectivity index (χ1v) is 7.82. The molecule has 0 aromatic carbocycles. The number of hydrogen-bond donors (Lipinski definition) is 3. The van der Waals surface area contributed by atoms with Crippen LogP contribution in [0.1, 0.15) is 0 Å². The summed E-state index contributed by atoms with van der Waals surface area (Å²) in [7, 11) is -3.85. The molecule has 0 aliphatic carbocycles. The highest BCUT2D eigenvalue weighted by atomic mass is 32.2. The monoisotopic (exact) mass is 333 g/mol. The number of rotatable bonds is 7. The fourth-order valence-corrected chi connectivity index (χ4v) is 3.75. The van der Waals surface area contributed by atoms with Gasteiger partial charge in [-0.3, -0.25) is 14.8 Å². The molecule has 2 aromatic rings. The Morgan fingerprint density at radius 2 is 2.29 bits per heavy atom. The van der Waals surface area contributed by atoms with Gasteiger partial charge in [0, 0.05) is 18.8 Å². The molecule has 21 heavy (non-hydrogen) atoms. The summed E-state index contributed by atoms with van der Waals surface area (Å²) in [6.45, 7) is 0.359. The predicted octanol–water partition coefficient (Wildman–Crippen LogP) is -0.488. The van der Waals surface area contributed by atoms with Crippen LogP contribution in [-0.4, -0.2) is 34.9 Å². The number of nitrogens with two attached hydrogens (primary N) is 1. The van der Waals surface area contributed by atoms with Crippen LogP contribution in [0.5, 0.6) is 0 Å². The molecule has 0 unspecified atom stereocenters. The molecular weight excluding hydrogens is 322 g/mol. The molecule has 2 aromatic heterocycles. The molecule has 0 amide bonds. The van der Waals surface area contributed by atoms with Crippen molar-refractivity contribution in [2.45, 2.75) is 10.8 Å². The highest BCUT2D eigenvalue weighted by Gasteiger charge is 2.25. The third-order valence-electron chi connectivity index (χ3n) is 2.39. The van der Waals surface area contributed by atoms with E-state index < -0.39 is 14.9 Å². The molecule has 13 heteroatoms. The normalized spacial score (nSPS) is 11.5. The van der Waals surface area contributed by atoms with Crippen LogP contribution in [0.2, 0.25) is 0 Å². The van der Waals surface area contributed by atoms with Crippen LogP contribution in [0.3, 0.4) is 0 Å². The number of hydrazine groups is 1. The summed E-state index contributed by atoms with van der Waals surface area (Å²) >= 11 is 0.680. The van der Waals surface area contributed by atoms with Gasteiger partial charge in [0.05, 0.1) is 17.7 Å². The SMILES string of the molecule is NNc1sc(S(=O)(=O)NCCn2ccnn2)cc1[N+](=O)[O-]. The Kier molecular flexibility index (Phi) is 4.46. The largest absolute Gasteiger partial charge is 0.310 e. The molecule has 0 spiro atoms. The van der Waals surface area contributed by atoms with Crippen LogP contribution in [-0.2, 0) is 16.6 Å². The summed E-state index contributed by atoms with van der Waals surface area (Å²) < 4.78 is 27.6. The van der Waals surface area contributed by atoms with E-state index in [1.165, 1.54) is 10.9 Å². The van der Waals surface area contributed by atoms with Crippen molar-refractivity contribution in [3.63, 3.8) is 0 Å². The second-order valence-electron chi connectivity index (χ2n) is 3.75. The van der Waals surface area contributed by atoms with Crippen molar-refractivity contribution in [1.82, 2.24) is 19.7 Å². The second kappa shape index (κ2) is 6.13. The van der Waals surface area contributed by atoms with E-state index in [1.54, 1.807) is 6.20 Å². The zero-order valence-corrected chi connectivity index (χ0v) is 12.1. The van der Waals surface area contributed by atoms with Crippen LogP contribution in [0.25, 0.3) is 0 Å². The molecule has 4 N–H and O–H groups in total. The fraction of sp³-hybridized carbons (Fsp3) is 0.250. The maximum absolute atomic E-state index is 12.0. The first-order chi connectivity index (χ1) is 9.94. The van der Waals surface area contributed by atoms with Gasteiger partial charge in [-0.1, -0.05) is 16.6 Å². The molecule has 0 bridgehead atoms. The van der Waals surface area contributed by atoms with Crippen LogP contribution >= 0.6 is 11.3 Å². The highest BCUT2D eigenvalue weighted by Crippen LogP contribution is 2.36. The predicted molar refractivity (Wildman–Crippen MR) is 74.0 cm³/mol. The van der Waals surface area contributed by atoms with Gasteiger partial charge < -0.3 is 5.43 Å². The third kappa shape index (κ3) is 3.52. The lowest BCUT2D eigenvalue weighted by Gasteiger charge is -2.03. The van der Waals surface area contributed by atoms with E-state index in [0.717, 1.165) is 6.07 Å². The van der Waals surface area contributed by atoms with Crippen LogP contribution < -0.4 is 16.0 Å². The van der Waals surface area contributed by atoms with Gasteiger partial charge in [0.15, 0.2) is 5.00 Å². The van der Waals surface area contributed by atoms with Crippen molar-refractivity contribution in [1.29, 1.82) is 0 Å². The lowest BCUT2D eigenvalue weighted by atomic mass is 10.5. The first kappa shape index (κ1) is 15.3. The Morgan fingerprint density at radius 1 is 1.52 bits per heavy atom. The lowest BCUT2D eigenvalue weighted by molar-refractivity contribution is -0.383.